The normalized spacial score (nSPS) is 15.2. The Kier molecular flexibility index (Phi) is 6.57. The van der Waals surface area contributed by atoms with Crippen molar-refractivity contribution in [2.45, 2.75) is 26.7 Å². The number of amides is 1. The van der Waals surface area contributed by atoms with E-state index >= 15 is 0 Å². The molecule has 0 aliphatic carbocycles. The number of hydrogen-bond acceptors (Lipinski definition) is 6. The van der Waals surface area contributed by atoms with Crippen LogP contribution < -0.4 is 10.2 Å². The van der Waals surface area contributed by atoms with E-state index in [0.717, 1.165) is 49.2 Å². The molecule has 2 heterocycles. The van der Waals surface area contributed by atoms with E-state index in [1.807, 2.05) is 6.92 Å². The zero-order chi connectivity index (χ0) is 18.4. The van der Waals surface area contributed by atoms with Gasteiger partial charge in [0.2, 0.25) is 5.91 Å². The summed E-state index contributed by atoms with van der Waals surface area (Å²) in [7, 11) is 0. The fraction of sp³-hybridized carbons (Fsp3) is 0.526. The molecule has 1 saturated heterocycles. The van der Waals surface area contributed by atoms with E-state index in [1.165, 1.54) is 11.3 Å². The highest BCUT2D eigenvalue weighted by Crippen LogP contribution is 2.17. The molecule has 2 aromatic rings. The second kappa shape index (κ2) is 9.09. The topological polar surface area (TPSA) is 61.4 Å². The summed E-state index contributed by atoms with van der Waals surface area (Å²) >= 11 is 1.59. The van der Waals surface area contributed by atoms with Crippen LogP contribution in [0.3, 0.4) is 0 Å². The highest BCUT2D eigenvalue weighted by molar-refractivity contribution is 7.11. The second-order valence-electron chi connectivity index (χ2n) is 6.73. The number of benzene rings is 1. The Labute approximate surface area is 159 Å². The molecule has 3 rings (SSSR count). The van der Waals surface area contributed by atoms with Crippen LogP contribution in [0.1, 0.15) is 22.0 Å². The summed E-state index contributed by atoms with van der Waals surface area (Å²) < 4.78 is 0. The molecule has 0 unspecified atom stereocenters. The second-order valence-corrected chi connectivity index (χ2v) is 8.00. The van der Waals surface area contributed by atoms with Gasteiger partial charge in [-0.3, -0.25) is 9.69 Å². The van der Waals surface area contributed by atoms with Crippen molar-refractivity contribution in [3.05, 3.63) is 39.8 Å². The maximum atomic E-state index is 12.0. The van der Waals surface area contributed by atoms with Crippen LogP contribution in [0.4, 0.5) is 5.69 Å². The minimum Gasteiger partial charge on any atom is -0.369 e. The Morgan fingerprint density at radius 1 is 1.19 bits per heavy atom. The summed E-state index contributed by atoms with van der Waals surface area (Å²) in [5, 5.41) is 13.0. The van der Waals surface area contributed by atoms with Crippen LogP contribution in [0.2, 0.25) is 0 Å². The molecule has 0 spiro atoms. The van der Waals surface area contributed by atoms with Gasteiger partial charge in [0.05, 0.1) is 0 Å². The largest absolute Gasteiger partial charge is 0.369 e. The number of nitrogens with zero attached hydrogens (tertiary/aromatic N) is 4. The van der Waals surface area contributed by atoms with Gasteiger partial charge in [0.15, 0.2) is 0 Å². The minimum absolute atomic E-state index is 0.118. The lowest BCUT2D eigenvalue weighted by atomic mass is 10.2. The Bertz CT molecular complexity index is 724. The molecular formula is C19H27N5OS. The van der Waals surface area contributed by atoms with Gasteiger partial charge in [-0.1, -0.05) is 12.1 Å². The highest BCUT2D eigenvalue weighted by Gasteiger charge is 2.17. The third kappa shape index (κ3) is 5.51. The molecule has 7 heteroatoms. The molecule has 26 heavy (non-hydrogen) atoms. The molecule has 0 radical (unpaired) electrons. The van der Waals surface area contributed by atoms with Crippen LogP contribution in [0.25, 0.3) is 0 Å². The molecule has 1 fully saturated rings. The number of nitrogens with one attached hydrogen (secondary N) is 1. The van der Waals surface area contributed by atoms with Crippen molar-refractivity contribution < 1.29 is 4.79 Å². The quantitative estimate of drug-likeness (QED) is 0.805. The monoisotopic (exact) mass is 373 g/mol. The Hall–Kier alpha value is -1.99. The Morgan fingerprint density at radius 2 is 2.00 bits per heavy atom. The van der Waals surface area contributed by atoms with Gasteiger partial charge >= 0.3 is 0 Å². The fourth-order valence-corrected chi connectivity index (χ4v) is 3.86. The predicted octanol–water partition coefficient (Wildman–Crippen LogP) is 2.03. The van der Waals surface area contributed by atoms with Gasteiger partial charge < -0.3 is 10.2 Å². The molecule has 0 bridgehead atoms. The van der Waals surface area contributed by atoms with Gasteiger partial charge in [-0.2, -0.15) is 0 Å². The first-order chi connectivity index (χ1) is 12.6. The van der Waals surface area contributed by atoms with E-state index in [4.69, 9.17) is 0 Å². The van der Waals surface area contributed by atoms with Gasteiger partial charge in [-0.15, -0.1) is 21.5 Å². The SMILES string of the molecule is Cc1cccc(N2CCN(CCC(=O)NCCc3nnc(C)s3)CC2)c1. The number of piperazine rings is 1. The smallest absolute Gasteiger partial charge is 0.221 e. The van der Waals surface area contributed by atoms with Gasteiger partial charge in [0.25, 0.3) is 0 Å². The van der Waals surface area contributed by atoms with Crippen LogP contribution in [0.5, 0.6) is 0 Å². The maximum Gasteiger partial charge on any atom is 0.221 e. The van der Waals surface area contributed by atoms with Crippen molar-refractivity contribution in [1.82, 2.24) is 20.4 Å². The van der Waals surface area contributed by atoms with Crippen molar-refractivity contribution in [2.75, 3.05) is 44.2 Å². The molecule has 1 N–H and O–H groups in total. The molecule has 1 aliphatic heterocycles. The first-order valence-corrected chi connectivity index (χ1v) is 10.0. The average molecular weight is 374 g/mol. The molecule has 6 nitrogen and oxygen atoms in total. The molecule has 1 amide bonds. The molecular weight excluding hydrogens is 346 g/mol. The number of anilines is 1. The van der Waals surface area contributed by atoms with Crippen LogP contribution in [0, 0.1) is 13.8 Å². The third-order valence-electron chi connectivity index (χ3n) is 4.62. The molecule has 1 aromatic carbocycles. The Morgan fingerprint density at radius 3 is 2.69 bits per heavy atom. The molecule has 0 atom stereocenters. The van der Waals surface area contributed by atoms with Crippen molar-refractivity contribution in [1.29, 1.82) is 0 Å². The van der Waals surface area contributed by atoms with E-state index < -0.39 is 0 Å². The van der Waals surface area contributed by atoms with E-state index in [0.29, 0.717) is 13.0 Å². The first-order valence-electron chi connectivity index (χ1n) is 9.20. The number of rotatable bonds is 7. The minimum atomic E-state index is 0.118. The Balaban J connectivity index is 1.32. The number of hydrogen-bond donors (Lipinski definition) is 1. The first kappa shape index (κ1) is 18.8. The fourth-order valence-electron chi connectivity index (χ4n) is 3.15. The lowest BCUT2D eigenvalue weighted by molar-refractivity contribution is -0.121. The number of aryl methyl sites for hydroxylation is 2. The van der Waals surface area contributed by atoms with Crippen molar-refractivity contribution in [2.24, 2.45) is 0 Å². The van der Waals surface area contributed by atoms with Crippen LogP contribution >= 0.6 is 11.3 Å². The number of aromatic nitrogens is 2. The predicted molar refractivity (Wildman–Crippen MR) is 106 cm³/mol. The van der Waals surface area contributed by atoms with Crippen LogP contribution in [-0.4, -0.2) is 60.3 Å². The standard InChI is InChI=1S/C19H27N5OS/c1-15-4-3-5-17(14-15)24-12-10-23(11-13-24)9-7-18(25)20-8-6-19-22-21-16(2)26-19/h3-5,14H,6-13H2,1-2H3,(H,20,25). The lowest BCUT2D eigenvalue weighted by Crippen LogP contribution is -2.47. The lowest BCUT2D eigenvalue weighted by Gasteiger charge is -2.36. The molecule has 0 saturated carbocycles. The summed E-state index contributed by atoms with van der Waals surface area (Å²) in [6.07, 6.45) is 1.31. The van der Waals surface area contributed by atoms with Gasteiger partial charge in [-0.05, 0) is 31.5 Å². The number of carbonyl (C=O) groups excluding carboxylic acids is 1. The van der Waals surface area contributed by atoms with Crippen molar-refractivity contribution in [3.63, 3.8) is 0 Å². The maximum absolute atomic E-state index is 12.0. The van der Waals surface area contributed by atoms with Crippen LogP contribution in [-0.2, 0) is 11.2 Å². The van der Waals surface area contributed by atoms with E-state index in [1.54, 1.807) is 11.3 Å². The zero-order valence-corrected chi connectivity index (χ0v) is 16.4. The van der Waals surface area contributed by atoms with E-state index in [2.05, 4.69) is 56.5 Å². The third-order valence-corrected chi connectivity index (χ3v) is 5.52. The van der Waals surface area contributed by atoms with E-state index in [9.17, 15) is 4.79 Å². The summed E-state index contributed by atoms with van der Waals surface area (Å²) in [5.41, 5.74) is 2.60. The van der Waals surface area contributed by atoms with Gasteiger partial charge in [0.1, 0.15) is 10.0 Å². The number of carbonyl (C=O) groups is 1. The summed E-state index contributed by atoms with van der Waals surface area (Å²) in [6, 6.07) is 8.66. The summed E-state index contributed by atoms with van der Waals surface area (Å²) in [5.74, 6) is 0.118. The molecule has 1 aliphatic rings. The molecule has 1 aromatic heterocycles. The van der Waals surface area contributed by atoms with Crippen LogP contribution in [0.15, 0.2) is 24.3 Å². The van der Waals surface area contributed by atoms with E-state index in [-0.39, 0.29) is 5.91 Å². The summed E-state index contributed by atoms with van der Waals surface area (Å²) in [4.78, 5) is 16.8. The van der Waals surface area contributed by atoms with Gasteiger partial charge in [-0.25, -0.2) is 0 Å². The highest BCUT2D eigenvalue weighted by atomic mass is 32.1. The molecule has 140 valence electrons. The van der Waals surface area contributed by atoms with Crippen molar-refractivity contribution in [3.8, 4) is 0 Å². The average Bonchev–Trinajstić information content (AvgIpc) is 3.05. The van der Waals surface area contributed by atoms with Gasteiger partial charge in [0, 0.05) is 57.8 Å². The summed E-state index contributed by atoms with van der Waals surface area (Å²) in [6.45, 7) is 9.57. The zero-order valence-electron chi connectivity index (χ0n) is 15.6. The van der Waals surface area contributed by atoms with Crippen molar-refractivity contribution >= 4 is 22.9 Å².